The topological polar surface area (TPSA) is 50.4 Å². The van der Waals surface area contributed by atoms with Gasteiger partial charge in [0.15, 0.2) is 5.11 Å². The number of thiocarbonyl (C=S) groups is 1. The van der Waals surface area contributed by atoms with Gasteiger partial charge in [-0.2, -0.15) is 0 Å². The van der Waals surface area contributed by atoms with Crippen LogP contribution in [0.15, 0.2) is 54.6 Å². The van der Waals surface area contributed by atoms with E-state index in [1.165, 1.54) is 5.56 Å². The zero-order valence-electron chi connectivity index (χ0n) is 14.5. The van der Waals surface area contributed by atoms with Crippen LogP contribution >= 0.6 is 12.2 Å². The molecule has 0 saturated heterocycles. The van der Waals surface area contributed by atoms with Crippen molar-refractivity contribution in [3.05, 3.63) is 65.7 Å². The van der Waals surface area contributed by atoms with E-state index in [0.717, 1.165) is 31.6 Å². The molecule has 0 aliphatic heterocycles. The Bertz CT molecular complexity index is 672. The molecule has 1 amide bonds. The third-order valence-electron chi connectivity index (χ3n) is 3.66. The molecule has 2 aromatic rings. The first-order valence-corrected chi connectivity index (χ1v) is 8.96. The predicted molar refractivity (Wildman–Crippen MR) is 105 cm³/mol. The lowest BCUT2D eigenvalue weighted by atomic mass is 10.2. The monoisotopic (exact) mass is 356 g/mol. The maximum atomic E-state index is 12.1. The number of carbonyl (C=O) groups excluding carboxylic acids is 1. The van der Waals surface area contributed by atoms with Crippen LogP contribution in [0.1, 0.15) is 35.7 Å². The number of benzene rings is 2. The van der Waals surface area contributed by atoms with Gasteiger partial charge in [-0.15, -0.1) is 0 Å². The summed E-state index contributed by atoms with van der Waals surface area (Å²) in [4.78, 5) is 12.1. The summed E-state index contributed by atoms with van der Waals surface area (Å²) >= 11 is 5.11. The fourth-order valence-corrected chi connectivity index (χ4v) is 2.43. The zero-order chi connectivity index (χ0) is 17.9. The largest absolute Gasteiger partial charge is 0.493 e. The number of nitrogens with one attached hydrogen (secondary N) is 2. The van der Waals surface area contributed by atoms with E-state index >= 15 is 0 Å². The minimum absolute atomic E-state index is 0.218. The molecule has 0 spiro atoms. The molecule has 5 heteroatoms. The van der Waals surface area contributed by atoms with Gasteiger partial charge >= 0.3 is 0 Å². The highest BCUT2D eigenvalue weighted by atomic mass is 32.1. The second-order valence-electron chi connectivity index (χ2n) is 5.67. The Morgan fingerprint density at radius 3 is 2.48 bits per heavy atom. The first kappa shape index (κ1) is 18.9. The normalized spacial score (nSPS) is 10.1. The number of amides is 1. The molecule has 4 nitrogen and oxygen atoms in total. The average molecular weight is 356 g/mol. The van der Waals surface area contributed by atoms with Crippen LogP contribution in [0.4, 0.5) is 0 Å². The minimum Gasteiger partial charge on any atom is -0.493 e. The van der Waals surface area contributed by atoms with Crippen LogP contribution in [0.2, 0.25) is 0 Å². The molecule has 0 atom stereocenters. The summed E-state index contributed by atoms with van der Waals surface area (Å²) in [6.45, 7) is 3.47. The van der Waals surface area contributed by atoms with Crippen molar-refractivity contribution in [1.82, 2.24) is 10.6 Å². The highest BCUT2D eigenvalue weighted by Gasteiger charge is 2.07. The van der Waals surface area contributed by atoms with Crippen molar-refractivity contribution in [2.24, 2.45) is 0 Å². The molecule has 2 aromatic carbocycles. The van der Waals surface area contributed by atoms with Gasteiger partial charge in [-0.05, 0) is 48.5 Å². The predicted octanol–water partition coefficient (Wildman–Crippen LogP) is 3.71. The van der Waals surface area contributed by atoms with Crippen molar-refractivity contribution >= 4 is 23.2 Å². The van der Waals surface area contributed by atoms with Crippen LogP contribution in [0, 0.1) is 0 Å². The molecule has 132 valence electrons. The molecule has 2 N–H and O–H groups in total. The molecule has 0 heterocycles. The highest BCUT2D eigenvalue weighted by molar-refractivity contribution is 7.80. The second kappa shape index (κ2) is 10.5. The van der Waals surface area contributed by atoms with Crippen molar-refractivity contribution in [2.45, 2.75) is 26.2 Å². The van der Waals surface area contributed by atoms with Gasteiger partial charge in [0.05, 0.1) is 6.61 Å². The van der Waals surface area contributed by atoms with Gasteiger partial charge in [-0.3, -0.25) is 10.1 Å². The number of hydrogen-bond donors (Lipinski definition) is 2. The van der Waals surface area contributed by atoms with Gasteiger partial charge in [0, 0.05) is 18.5 Å². The van der Waals surface area contributed by atoms with Gasteiger partial charge in [0.25, 0.3) is 5.91 Å². The molecule has 0 aromatic heterocycles. The Morgan fingerprint density at radius 2 is 1.80 bits per heavy atom. The van der Waals surface area contributed by atoms with Crippen LogP contribution < -0.4 is 15.4 Å². The van der Waals surface area contributed by atoms with E-state index in [0.29, 0.717) is 17.3 Å². The third kappa shape index (κ3) is 6.93. The van der Waals surface area contributed by atoms with Crippen molar-refractivity contribution < 1.29 is 9.53 Å². The van der Waals surface area contributed by atoms with Gasteiger partial charge in [-0.1, -0.05) is 43.7 Å². The van der Waals surface area contributed by atoms with Crippen molar-refractivity contribution in [3.63, 3.8) is 0 Å². The molecule has 0 radical (unpaired) electrons. The van der Waals surface area contributed by atoms with Gasteiger partial charge in [0.2, 0.25) is 0 Å². The van der Waals surface area contributed by atoms with Crippen LogP contribution in [-0.4, -0.2) is 24.2 Å². The summed E-state index contributed by atoms with van der Waals surface area (Å²) < 4.78 is 5.72. The quantitative estimate of drug-likeness (QED) is 0.559. The molecule has 25 heavy (non-hydrogen) atoms. The number of hydrogen-bond acceptors (Lipinski definition) is 3. The lowest BCUT2D eigenvalue weighted by molar-refractivity contribution is 0.0976. The molecule has 0 unspecified atom stereocenters. The number of unbranched alkanes of at least 4 members (excludes halogenated alkanes) is 1. The maximum absolute atomic E-state index is 12.1. The van der Waals surface area contributed by atoms with E-state index < -0.39 is 0 Å². The van der Waals surface area contributed by atoms with E-state index in [1.54, 1.807) is 24.3 Å². The summed E-state index contributed by atoms with van der Waals surface area (Å²) in [7, 11) is 0. The van der Waals surface area contributed by atoms with Gasteiger partial charge < -0.3 is 10.1 Å². The summed E-state index contributed by atoms with van der Waals surface area (Å²) in [5.74, 6) is 0.529. The Labute approximate surface area is 154 Å². The summed E-state index contributed by atoms with van der Waals surface area (Å²) in [5.41, 5.74) is 1.79. The van der Waals surface area contributed by atoms with Crippen LogP contribution in [0.5, 0.6) is 5.75 Å². The molecule has 0 aliphatic rings. The van der Waals surface area contributed by atoms with Crippen LogP contribution in [0.3, 0.4) is 0 Å². The average Bonchev–Trinajstić information content (AvgIpc) is 2.63. The Kier molecular flexibility index (Phi) is 7.92. The molecule has 0 bridgehead atoms. The zero-order valence-corrected chi connectivity index (χ0v) is 15.3. The fraction of sp³-hybridized carbons (Fsp3) is 0.300. The molecular weight excluding hydrogens is 332 g/mol. The summed E-state index contributed by atoms with van der Waals surface area (Å²) in [5, 5.41) is 6.06. The van der Waals surface area contributed by atoms with E-state index in [-0.39, 0.29) is 5.91 Å². The summed E-state index contributed by atoms with van der Waals surface area (Å²) in [6.07, 6.45) is 2.95. The lowest BCUT2D eigenvalue weighted by Crippen LogP contribution is -2.39. The minimum atomic E-state index is -0.218. The molecular formula is C20H24N2O2S. The Balaban J connectivity index is 1.76. The van der Waals surface area contributed by atoms with Gasteiger partial charge in [0.1, 0.15) is 5.75 Å². The first-order valence-electron chi connectivity index (χ1n) is 8.55. The maximum Gasteiger partial charge on any atom is 0.257 e. The van der Waals surface area contributed by atoms with E-state index in [4.69, 9.17) is 17.0 Å². The number of rotatable bonds is 8. The van der Waals surface area contributed by atoms with E-state index in [9.17, 15) is 4.79 Å². The Morgan fingerprint density at radius 1 is 1.08 bits per heavy atom. The number of carbonyl (C=O) groups is 1. The highest BCUT2D eigenvalue weighted by Crippen LogP contribution is 2.13. The van der Waals surface area contributed by atoms with Crippen LogP contribution in [-0.2, 0) is 6.42 Å². The van der Waals surface area contributed by atoms with Crippen molar-refractivity contribution in [2.75, 3.05) is 13.2 Å². The summed E-state index contributed by atoms with van der Waals surface area (Å²) in [6, 6.07) is 17.3. The molecule has 0 saturated carbocycles. The standard InChI is InChI=1S/C20H24N2O2S/c1-2-3-14-21-20(25)22-19(23)17-9-11-18(12-10-17)24-15-13-16-7-5-4-6-8-16/h4-12H,2-3,13-15H2,1H3,(H2,21,22,23,25). The van der Waals surface area contributed by atoms with Crippen LogP contribution in [0.25, 0.3) is 0 Å². The number of ether oxygens (including phenoxy) is 1. The molecule has 0 fully saturated rings. The van der Waals surface area contributed by atoms with E-state index in [1.807, 2.05) is 18.2 Å². The second-order valence-corrected chi connectivity index (χ2v) is 6.08. The SMILES string of the molecule is CCCCNC(=S)NC(=O)c1ccc(OCCc2ccccc2)cc1. The lowest BCUT2D eigenvalue weighted by Gasteiger charge is -2.10. The first-order chi connectivity index (χ1) is 12.2. The van der Waals surface area contributed by atoms with Gasteiger partial charge in [-0.25, -0.2) is 0 Å². The molecule has 0 aliphatic carbocycles. The Hall–Kier alpha value is -2.40. The van der Waals surface area contributed by atoms with Crippen molar-refractivity contribution in [3.8, 4) is 5.75 Å². The van der Waals surface area contributed by atoms with E-state index in [2.05, 4.69) is 29.7 Å². The van der Waals surface area contributed by atoms with Crippen molar-refractivity contribution in [1.29, 1.82) is 0 Å². The fourth-order valence-electron chi connectivity index (χ4n) is 2.23. The smallest absolute Gasteiger partial charge is 0.257 e. The third-order valence-corrected chi connectivity index (χ3v) is 3.91. The molecule has 2 rings (SSSR count).